The van der Waals surface area contributed by atoms with Crippen molar-refractivity contribution in [3.63, 3.8) is 0 Å². The zero-order chi connectivity index (χ0) is 12.6. The molecule has 1 aliphatic rings. The second kappa shape index (κ2) is 4.05. The van der Waals surface area contributed by atoms with Crippen molar-refractivity contribution in [3.05, 3.63) is 18.0 Å². The fourth-order valence-corrected chi connectivity index (χ4v) is 1.94. The van der Waals surface area contributed by atoms with Gasteiger partial charge in [-0.1, -0.05) is 19.0 Å². The minimum atomic E-state index is -0.120. The summed E-state index contributed by atoms with van der Waals surface area (Å²) >= 11 is 0. The Balaban J connectivity index is 2.03. The van der Waals surface area contributed by atoms with Gasteiger partial charge < -0.3 is 14.7 Å². The summed E-state index contributed by atoms with van der Waals surface area (Å²) in [6, 6.07) is -0.120. The fraction of sp³-hybridized carbons (Fsp3) is 0.583. The molecule has 1 saturated heterocycles. The Kier molecular flexibility index (Phi) is 2.85. The van der Waals surface area contributed by atoms with Crippen LogP contribution in [0, 0.1) is 25.8 Å². The highest BCUT2D eigenvalue weighted by Gasteiger charge is 2.32. The summed E-state index contributed by atoms with van der Waals surface area (Å²) in [6.07, 6.45) is 0.919. The summed E-state index contributed by atoms with van der Waals surface area (Å²) in [6.45, 7) is 10.6. The van der Waals surface area contributed by atoms with Crippen LogP contribution < -0.4 is 5.32 Å². The van der Waals surface area contributed by atoms with Gasteiger partial charge in [-0.15, -0.1) is 0 Å². The molecule has 0 unspecified atom stereocenters. The Hall–Kier alpha value is -1.52. The van der Waals surface area contributed by atoms with Crippen LogP contribution in [0.4, 0.5) is 10.5 Å². The summed E-state index contributed by atoms with van der Waals surface area (Å²) in [4.78, 5) is 13.7. The lowest BCUT2D eigenvalue weighted by atomic mass is 9.93. The van der Waals surface area contributed by atoms with E-state index in [-0.39, 0.29) is 11.4 Å². The molecule has 1 radical (unpaired) electrons. The molecular weight excluding hydrogens is 218 g/mol. The number of amides is 2. The van der Waals surface area contributed by atoms with Crippen LogP contribution in [0.3, 0.4) is 0 Å². The molecule has 1 N–H and O–H groups in total. The molecule has 0 atom stereocenters. The molecule has 0 aliphatic carbocycles. The van der Waals surface area contributed by atoms with Gasteiger partial charge in [0.15, 0.2) is 5.76 Å². The zero-order valence-electron chi connectivity index (χ0n) is 10.7. The number of nitrogens with zero attached hydrogens (tertiary/aromatic N) is 2. The molecule has 1 aromatic heterocycles. The van der Waals surface area contributed by atoms with E-state index in [4.69, 9.17) is 4.52 Å². The molecule has 1 fully saturated rings. The maximum absolute atomic E-state index is 12.0. The van der Waals surface area contributed by atoms with Crippen molar-refractivity contribution >= 4 is 11.7 Å². The zero-order valence-corrected chi connectivity index (χ0v) is 10.7. The first-order chi connectivity index (χ1) is 7.89. The topological polar surface area (TPSA) is 58.4 Å². The standard InChI is InChI=1S/C12H18N3O2/c1-8-10(9(2)17-14-8)13-11(16)15-6-5-12(3,4)7-15/h6H,5,7H2,1-4H3,(H,13,16). The highest BCUT2D eigenvalue weighted by Crippen LogP contribution is 2.32. The first kappa shape index (κ1) is 12.0. The lowest BCUT2D eigenvalue weighted by Crippen LogP contribution is -2.32. The lowest BCUT2D eigenvalue weighted by molar-refractivity contribution is 0.222. The second-order valence-electron chi connectivity index (χ2n) is 5.31. The third-order valence-corrected chi connectivity index (χ3v) is 2.99. The molecule has 0 spiro atoms. The van der Waals surface area contributed by atoms with Crippen LogP contribution >= 0.6 is 0 Å². The molecule has 0 bridgehead atoms. The van der Waals surface area contributed by atoms with Crippen LogP contribution in [-0.4, -0.2) is 22.6 Å². The number of carbonyl (C=O) groups is 1. The smallest absolute Gasteiger partial charge is 0.322 e. The number of rotatable bonds is 1. The third kappa shape index (κ3) is 2.43. The Morgan fingerprint density at radius 1 is 1.53 bits per heavy atom. The number of hydrogen-bond donors (Lipinski definition) is 1. The molecule has 5 nitrogen and oxygen atoms in total. The Labute approximate surface area is 101 Å². The summed E-state index contributed by atoms with van der Waals surface area (Å²) in [5, 5.41) is 6.64. The molecule has 2 rings (SSSR count). The van der Waals surface area contributed by atoms with Crippen LogP contribution in [-0.2, 0) is 0 Å². The van der Waals surface area contributed by atoms with E-state index in [0.29, 0.717) is 17.1 Å². The average molecular weight is 236 g/mol. The normalized spacial score (nSPS) is 18.5. The predicted octanol–water partition coefficient (Wildman–Crippen LogP) is 2.72. The van der Waals surface area contributed by atoms with E-state index in [1.165, 1.54) is 0 Å². The molecule has 2 heterocycles. The third-order valence-electron chi connectivity index (χ3n) is 2.99. The lowest BCUT2D eigenvalue weighted by Gasteiger charge is -2.19. The molecule has 0 saturated carbocycles. The average Bonchev–Trinajstić information content (AvgIpc) is 2.75. The van der Waals surface area contributed by atoms with Crippen molar-refractivity contribution in [3.8, 4) is 0 Å². The number of nitrogens with one attached hydrogen (secondary N) is 1. The molecular formula is C12H18N3O2. The van der Waals surface area contributed by atoms with E-state index in [1.807, 2.05) is 13.5 Å². The highest BCUT2D eigenvalue weighted by molar-refractivity contribution is 5.91. The summed E-state index contributed by atoms with van der Waals surface area (Å²) in [7, 11) is 0. The van der Waals surface area contributed by atoms with Crippen molar-refractivity contribution in [1.82, 2.24) is 10.1 Å². The number of carbonyl (C=O) groups excluding carboxylic acids is 1. The van der Waals surface area contributed by atoms with Crippen LogP contribution in [0.5, 0.6) is 0 Å². The molecule has 1 aliphatic heterocycles. The van der Waals surface area contributed by atoms with E-state index < -0.39 is 0 Å². The number of hydrogen-bond acceptors (Lipinski definition) is 3. The van der Waals surface area contributed by atoms with Crippen molar-refractivity contribution in [2.75, 3.05) is 11.9 Å². The number of aromatic nitrogens is 1. The van der Waals surface area contributed by atoms with Gasteiger partial charge in [0.1, 0.15) is 11.4 Å². The minimum absolute atomic E-state index is 0.120. The van der Waals surface area contributed by atoms with E-state index in [1.54, 1.807) is 11.8 Å². The van der Waals surface area contributed by atoms with Gasteiger partial charge in [-0.3, -0.25) is 0 Å². The summed E-state index contributed by atoms with van der Waals surface area (Å²) < 4.78 is 5.01. The first-order valence-corrected chi connectivity index (χ1v) is 5.73. The number of likely N-dealkylation sites (tertiary alicyclic amines) is 1. The van der Waals surface area contributed by atoms with E-state index in [2.05, 4.69) is 24.3 Å². The SMILES string of the molecule is Cc1noc(C)c1NC(=O)N1[CH]CC(C)(C)C1. The van der Waals surface area contributed by atoms with Crippen molar-refractivity contribution in [2.24, 2.45) is 5.41 Å². The molecule has 0 aromatic carbocycles. The maximum atomic E-state index is 12.0. The summed E-state index contributed by atoms with van der Waals surface area (Å²) in [5.74, 6) is 0.634. The second-order valence-corrected chi connectivity index (χ2v) is 5.31. The van der Waals surface area contributed by atoms with Gasteiger partial charge in [0, 0.05) is 6.54 Å². The Morgan fingerprint density at radius 3 is 2.71 bits per heavy atom. The van der Waals surface area contributed by atoms with Gasteiger partial charge in [0.25, 0.3) is 0 Å². The van der Waals surface area contributed by atoms with Gasteiger partial charge in [0.2, 0.25) is 0 Å². The van der Waals surface area contributed by atoms with Crippen LogP contribution in [0.25, 0.3) is 0 Å². The molecule has 2 amide bonds. The molecule has 1 aromatic rings. The maximum Gasteiger partial charge on any atom is 0.322 e. The molecule has 93 valence electrons. The molecule has 17 heavy (non-hydrogen) atoms. The number of urea groups is 1. The van der Waals surface area contributed by atoms with E-state index in [9.17, 15) is 4.79 Å². The van der Waals surface area contributed by atoms with Crippen molar-refractivity contribution in [2.45, 2.75) is 34.1 Å². The van der Waals surface area contributed by atoms with Crippen LogP contribution in [0.2, 0.25) is 0 Å². The van der Waals surface area contributed by atoms with Crippen molar-refractivity contribution < 1.29 is 9.32 Å². The first-order valence-electron chi connectivity index (χ1n) is 5.73. The predicted molar refractivity (Wildman–Crippen MR) is 64.4 cm³/mol. The van der Waals surface area contributed by atoms with Gasteiger partial charge in [-0.2, -0.15) is 0 Å². The number of aryl methyl sites for hydroxylation is 2. The monoisotopic (exact) mass is 236 g/mol. The highest BCUT2D eigenvalue weighted by atomic mass is 16.5. The van der Waals surface area contributed by atoms with Gasteiger partial charge in [-0.25, -0.2) is 4.79 Å². The minimum Gasteiger partial charge on any atom is -0.359 e. The van der Waals surface area contributed by atoms with Crippen LogP contribution in [0.15, 0.2) is 4.52 Å². The fourth-order valence-electron chi connectivity index (χ4n) is 1.94. The molecule has 5 heteroatoms. The Bertz CT molecular complexity index is 417. The van der Waals surface area contributed by atoms with E-state index >= 15 is 0 Å². The van der Waals surface area contributed by atoms with Gasteiger partial charge >= 0.3 is 6.03 Å². The quantitative estimate of drug-likeness (QED) is 0.815. The largest absolute Gasteiger partial charge is 0.359 e. The van der Waals surface area contributed by atoms with Crippen molar-refractivity contribution in [1.29, 1.82) is 0 Å². The van der Waals surface area contributed by atoms with Crippen LogP contribution in [0.1, 0.15) is 31.7 Å². The van der Waals surface area contributed by atoms with Gasteiger partial charge in [-0.05, 0) is 25.7 Å². The van der Waals surface area contributed by atoms with Gasteiger partial charge in [0.05, 0.1) is 6.54 Å². The van der Waals surface area contributed by atoms with E-state index in [0.717, 1.165) is 13.0 Å². The number of anilines is 1. The Morgan fingerprint density at radius 2 is 2.24 bits per heavy atom. The summed E-state index contributed by atoms with van der Waals surface area (Å²) in [5.41, 5.74) is 1.54.